The maximum Gasteiger partial charge on any atom is 0.119 e. The van der Waals surface area contributed by atoms with Crippen LogP contribution in [0, 0.1) is 0 Å². The number of aryl methyl sites for hydroxylation is 1. The van der Waals surface area contributed by atoms with Gasteiger partial charge in [0.05, 0.1) is 0 Å². The number of aromatic hydroxyl groups is 1. The topological polar surface area (TPSA) is 33.1 Å². The third-order valence-electron chi connectivity index (χ3n) is 2.66. The predicted molar refractivity (Wildman–Crippen MR) is 64.5 cm³/mol. The number of benzene rings is 1. The monoisotopic (exact) mass is 213 g/mol. The summed E-state index contributed by atoms with van der Waals surface area (Å²) in [7, 11) is 0. The molecule has 82 valence electrons. The SMILES string of the molecule is CCc1ccc(Cc2ccccc2O)nc1. The van der Waals surface area contributed by atoms with Crippen LogP contribution in [-0.4, -0.2) is 10.1 Å². The Kier molecular flexibility index (Phi) is 3.20. The second kappa shape index (κ2) is 4.79. The van der Waals surface area contributed by atoms with Gasteiger partial charge in [-0.2, -0.15) is 0 Å². The lowest BCUT2D eigenvalue weighted by atomic mass is 10.1. The van der Waals surface area contributed by atoms with Gasteiger partial charge in [0, 0.05) is 18.3 Å². The minimum Gasteiger partial charge on any atom is -0.508 e. The normalized spacial score (nSPS) is 10.3. The highest BCUT2D eigenvalue weighted by Crippen LogP contribution is 2.18. The van der Waals surface area contributed by atoms with E-state index in [0.29, 0.717) is 12.2 Å². The fourth-order valence-electron chi connectivity index (χ4n) is 1.62. The molecule has 16 heavy (non-hydrogen) atoms. The predicted octanol–water partition coefficient (Wildman–Crippen LogP) is 2.94. The molecule has 0 radical (unpaired) electrons. The van der Waals surface area contributed by atoms with Crippen molar-refractivity contribution in [1.82, 2.24) is 4.98 Å². The van der Waals surface area contributed by atoms with Gasteiger partial charge >= 0.3 is 0 Å². The lowest BCUT2D eigenvalue weighted by Crippen LogP contribution is -1.93. The van der Waals surface area contributed by atoms with Crippen molar-refractivity contribution in [2.45, 2.75) is 19.8 Å². The molecule has 0 aliphatic heterocycles. The summed E-state index contributed by atoms with van der Waals surface area (Å²) in [6.45, 7) is 2.11. The van der Waals surface area contributed by atoms with Gasteiger partial charge in [0.15, 0.2) is 0 Å². The van der Waals surface area contributed by atoms with Crippen LogP contribution < -0.4 is 0 Å². The molecule has 0 saturated heterocycles. The van der Waals surface area contributed by atoms with E-state index in [9.17, 15) is 5.11 Å². The Morgan fingerprint density at radius 2 is 1.94 bits per heavy atom. The van der Waals surface area contributed by atoms with Gasteiger partial charge in [-0.3, -0.25) is 4.98 Å². The zero-order valence-electron chi connectivity index (χ0n) is 9.35. The van der Waals surface area contributed by atoms with E-state index in [2.05, 4.69) is 18.0 Å². The molecule has 2 heteroatoms. The first kappa shape index (κ1) is 10.7. The molecule has 0 fully saturated rings. The van der Waals surface area contributed by atoms with Crippen LogP contribution in [0.2, 0.25) is 0 Å². The number of para-hydroxylation sites is 1. The molecule has 0 amide bonds. The first-order chi connectivity index (χ1) is 7.79. The third-order valence-corrected chi connectivity index (χ3v) is 2.66. The van der Waals surface area contributed by atoms with Crippen molar-refractivity contribution in [3.8, 4) is 5.75 Å². The zero-order chi connectivity index (χ0) is 11.4. The molecule has 0 aliphatic rings. The molecule has 1 aromatic heterocycles. The Hall–Kier alpha value is -1.83. The number of hydrogen-bond donors (Lipinski definition) is 1. The molecule has 1 aromatic carbocycles. The fraction of sp³-hybridized carbons (Fsp3) is 0.214. The van der Waals surface area contributed by atoms with Gasteiger partial charge in [-0.15, -0.1) is 0 Å². The summed E-state index contributed by atoms with van der Waals surface area (Å²) in [6, 6.07) is 11.5. The van der Waals surface area contributed by atoms with Crippen molar-refractivity contribution >= 4 is 0 Å². The molecule has 1 heterocycles. The minimum absolute atomic E-state index is 0.337. The second-order valence-electron chi connectivity index (χ2n) is 3.82. The molecule has 2 rings (SSSR count). The molecular weight excluding hydrogens is 198 g/mol. The molecule has 0 aliphatic carbocycles. The molecule has 0 saturated carbocycles. The Balaban J connectivity index is 2.18. The van der Waals surface area contributed by atoms with Crippen LogP contribution in [0.25, 0.3) is 0 Å². The lowest BCUT2D eigenvalue weighted by molar-refractivity contribution is 0.469. The molecule has 0 unspecified atom stereocenters. The summed E-state index contributed by atoms with van der Waals surface area (Å²) in [5, 5.41) is 9.64. The Morgan fingerprint density at radius 3 is 2.56 bits per heavy atom. The van der Waals surface area contributed by atoms with Crippen LogP contribution in [0.3, 0.4) is 0 Å². The zero-order valence-corrected chi connectivity index (χ0v) is 9.35. The fourth-order valence-corrected chi connectivity index (χ4v) is 1.62. The van der Waals surface area contributed by atoms with Gasteiger partial charge < -0.3 is 5.11 Å². The number of rotatable bonds is 3. The summed E-state index contributed by atoms with van der Waals surface area (Å²) in [5.41, 5.74) is 3.14. The van der Waals surface area contributed by atoms with E-state index >= 15 is 0 Å². The second-order valence-corrected chi connectivity index (χ2v) is 3.82. The largest absolute Gasteiger partial charge is 0.508 e. The van der Waals surface area contributed by atoms with Gasteiger partial charge in [-0.1, -0.05) is 31.2 Å². The average molecular weight is 213 g/mol. The van der Waals surface area contributed by atoms with Gasteiger partial charge in [0.2, 0.25) is 0 Å². The van der Waals surface area contributed by atoms with Crippen LogP contribution in [0.4, 0.5) is 0 Å². The van der Waals surface area contributed by atoms with Crippen LogP contribution in [0.5, 0.6) is 5.75 Å². The van der Waals surface area contributed by atoms with Crippen LogP contribution in [-0.2, 0) is 12.8 Å². The molecular formula is C14H15NO. The number of phenolic OH excluding ortho intramolecular Hbond substituents is 1. The lowest BCUT2D eigenvalue weighted by Gasteiger charge is -2.04. The molecule has 2 aromatic rings. The third kappa shape index (κ3) is 2.40. The molecule has 1 N–H and O–H groups in total. The van der Waals surface area contributed by atoms with E-state index in [1.54, 1.807) is 6.07 Å². The molecule has 0 atom stereocenters. The first-order valence-corrected chi connectivity index (χ1v) is 5.50. The van der Waals surface area contributed by atoms with E-state index in [-0.39, 0.29) is 0 Å². The first-order valence-electron chi connectivity index (χ1n) is 5.50. The van der Waals surface area contributed by atoms with E-state index in [1.807, 2.05) is 30.5 Å². The van der Waals surface area contributed by atoms with E-state index < -0.39 is 0 Å². The standard InChI is InChI=1S/C14H15NO/c1-2-11-7-8-13(15-10-11)9-12-5-3-4-6-14(12)16/h3-8,10,16H,2,9H2,1H3. The Morgan fingerprint density at radius 1 is 1.12 bits per heavy atom. The average Bonchev–Trinajstić information content (AvgIpc) is 2.33. The van der Waals surface area contributed by atoms with Gasteiger partial charge in [0.25, 0.3) is 0 Å². The summed E-state index contributed by atoms with van der Waals surface area (Å²) in [4.78, 5) is 4.37. The van der Waals surface area contributed by atoms with Crippen LogP contribution >= 0.6 is 0 Å². The Labute approximate surface area is 95.6 Å². The number of nitrogens with zero attached hydrogens (tertiary/aromatic N) is 1. The highest BCUT2D eigenvalue weighted by Gasteiger charge is 2.02. The van der Waals surface area contributed by atoms with E-state index in [1.165, 1.54) is 5.56 Å². The molecule has 0 spiro atoms. The number of pyridine rings is 1. The number of hydrogen-bond acceptors (Lipinski definition) is 2. The van der Waals surface area contributed by atoms with Crippen molar-refractivity contribution in [3.05, 3.63) is 59.4 Å². The summed E-state index contributed by atoms with van der Waals surface area (Å²) in [6.07, 6.45) is 3.58. The van der Waals surface area contributed by atoms with Gasteiger partial charge in [0.1, 0.15) is 5.75 Å². The minimum atomic E-state index is 0.337. The summed E-state index contributed by atoms with van der Waals surface area (Å²) >= 11 is 0. The maximum absolute atomic E-state index is 9.64. The smallest absolute Gasteiger partial charge is 0.119 e. The highest BCUT2D eigenvalue weighted by molar-refractivity contribution is 5.35. The number of phenols is 1. The van der Waals surface area contributed by atoms with Crippen molar-refractivity contribution in [2.24, 2.45) is 0 Å². The van der Waals surface area contributed by atoms with Crippen molar-refractivity contribution < 1.29 is 5.11 Å². The van der Waals surface area contributed by atoms with Crippen molar-refractivity contribution in [1.29, 1.82) is 0 Å². The van der Waals surface area contributed by atoms with Crippen molar-refractivity contribution in [2.75, 3.05) is 0 Å². The van der Waals surface area contributed by atoms with Gasteiger partial charge in [-0.05, 0) is 29.7 Å². The highest BCUT2D eigenvalue weighted by atomic mass is 16.3. The molecule has 0 bridgehead atoms. The summed E-state index contributed by atoms with van der Waals surface area (Å²) in [5.74, 6) is 0.337. The summed E-state index contributed by atoms with van der Waals surface area (Å²) < 4.78 is 0. The number of aromatic nitrogens is 1. The van der Waals surface area contributed by atoms with Crippen molar-refractivity contribution in [3.63, 3.8) is 0 Å². The quantitative estimate of drug-likeness (QED) is 0.850. The van der Waals surface area contributed by atoms with Crippen LogP contribution in [0.15, 0.2) is 42.6 Å². The molecule has 2 nitrogen and oxygen atoms in total. The van der Waals surface area contributed by atoms with Crippen LogP contribution in [0.1, 0.15) is 23.7 Å². The van der Waals surface area contributed by atoms with Gasteiger partial charge in [-0.25, -0.2) is 0 Å². The maximum atomic E-state index is 9.64. The van der Waals surface area contributed by atoms with E-state index in [0.717, 1.165) is 17.7 Å². The van der Waals surface area contributed by atoms with E-state index in [4.69, 9.17) is 0 Å². The Bertz CT molecular complexity index is 462.